The van der Waals surface area contributed by atoms with Crippen molar-refractivity contribution >= 4 is 10.0 Å². The third kappa shape index (κ3) is 3.52. The van der Waals surface area contributed by atoms with Crippen molar-refractivity contribution in [3.63, 3.8) is 0 Å². The molecule has 0 aromatic heterocycles. The first-order valence-corrected chi connectivity index (χ1v) is 7.42. The number of hydrogen-bond donors (Lipinski definition) is 2. The minimum Gasteiger partial charge on any atom is -0.313 e. The van der Waals surface area contributed by atoms with Gasteiger partial charge in [0.2, 0.25) is 10.0 Å². The van der Waals surface area contributed by atoms with E-state index in [0.717, 1.165) is 24.9 Å². The molecule has 0 radical (unpaired) electrons. The third-order valence-electron chi connectivity index (χ3n) is 2.69. The van der Waals surface area contributed by atoms with Gasteiger partial charge in [0.15, 0.2) is 0 Å². The fourth-order valence-electron chi connectivity index (χ4n) is 1.58. The van der Waals surface area contributed by atoms with E-state index < -0.39 is 10.0 Å². The van der Waals surface area contributed by atoms with Crippen LogP contribution >= 0.6 is 0 Å². The van der Waals surface area contributed by atoms with Crippen molar-refractivity contribution in [2.45, 2.75) is 37.2 Å². The van der Waals surface area contributed by atoms with Crippen molar-refractivity contribution < 1.29 is 8.42 Å². The van der Waals surface area contributed by atoms with Gasteiger partial charge < -0.3 is 5.32 Å². The first-order chi connectivity index (χ1) is 8.12. The van der Waals surface area contributed by atoms with Gasteiger partial charge in [0, 0.05) is 12.6 Å². The highest BCUT2D eigenvalue weighted by Crippen LogP contribution is 2.22. The molecule has 2 rings (SSSR count). The zero-order valence-corrected chi connectivity index (χ0v) is 10.8. The Kier molecular flexibility index (Phi) is 3.81. The van der Waals surface area contributed by atoms with Crippen molar-refractivity contribution in [2.75, 3.05) is 6.54 Å². The number of benzene rings is 1. The average Bonchev–Trinajstić information content (AvgIpc) is 3.10. The number of hydrogen-bond acceptors (Lipinski definition) is 3. The van der Waals surface area contributed by atoms with Crippen LogP contribution in [-0.2, 0) is 16.6 Å². The molecule has 0 amide bonds. The van der Waals surface area contributed by atoms with Crippen LogP contribution < -0.4 is 10.0 Å². The largest absolute Gasteiger partial charge is 0.313 e. The second-order valence-electron chi connectivity index (χ2n) is 4.32. The predicted molar refractivity (Wildman–Crippen MR) is 67.2 cm³/mol. The molecule has 2 N–H and O–H groups in total. The summed E-state index contributed by atoms with van der Waals surface area (Å²) in [5.74, 6) is 0. The molecule has 1 aromatic rings. The topological polar surface area (TPSA) is 58.2 Å². The Balaban J connectivity index is 2.13. The molecule has 0 unspecified atom stereocenters. The SMILES string of the molecule is CCNCc1cccc(S(=O)(=O)NC2CC2)c1. The molecule has 0 aliphatic heterocycles. The summed E-state index contributed by atoms with van der Waals surface area (Å²) in [6.45, 7) is 3.59. The molecule has 4 nitrogen and oxygen atoms in total. The predicted octanol–water partition coefficient (Wildman–Crippen LogP) is 1.24. The fraction of sp³-hybridized carbons (Fsp3) is 0.500. The van der Waals surface area contributed by atoms with Crippen molar-refractivity contribution in [2.24, 2.45) is 0 Å². The molecule has 94 valence electrons. The van der Waals surface area contributed by atoms with E-state index in [1.54, 1.807) is 18.2 Å². The molecule has 1 fully saturated rings. The molecule has 0 heterocycles. The Morgan fingerprint density at radius 1 is 1.35 bits per heavy atom. The first kappa shape index (κ1) is 12.5. The van der Waals surface area contributed by atoms with Gasteiger partial charge in [0.1, 0.15) is 0 Å². The van der Waals surface area contributed by atoms with Crippen LogP contribution in [0.15, 0.2) is 29.2 Å². The molecular weight excluding hydrogens is 236 g/mol. The lowest BCUT2D eigenvalue weighted by atomic mass is 10.2. The Bertz CT molecular complexity index is 481. The van der Waals surface area contributed by atoms with Crippen LogP contribution in [0.25, 0.3) is 0 Å². The van der Waals surface area contributed by atoms with E-state index in [1.165, 1.54) is 0 Å². The maximum atomic E-state index is 12.0. The molecule has 0 spiro atoms. The fourth-order valence-corrected chi connectivity index (χ4v) is 2.96. The first-order valence-electron chi connectivity index (χ1n) is 5.94. The lowest BCUT2D eigenvalue weighted by Crippen LogP contribution is -2.25. The molecule has 17 heavy (non-hydrogen) atoms. The summed E-state index contributed by atoms with van der Waals surface area (Å²) in [4.78, 5) is 0.361. The van der Waals surface area contributed by atoms with Gasteiger partial charge in [-0.15, -0.1) is 0 Å². The molecule has 1 aliphatic rings. The van der Waals surface area contributed by atoms with Crippen LogP contribution in [0, 0.1) is 0 Å². The summed E-state index contributed by atoms with van der Waals surface area (Å²) in [5, 5.41) is 3.18. The summed E-state index contributed by atoms with van der Waals surface area (Å²) in [7, 11) is -3.32. The van der Waals surface area contributed by atoms with E-state index in [-0.39, 0.29) is 6.04 Å². The van der Waals surface area contributed by atoms with Gasteiger partial charge in [-0.3, -0.25) is 0 Å². The Morgan fingerprint density at radius 2 is 2.12 bits per heavy atom. The van der Waals surface area contributed by atoms with Gasteiger partial charge in [0.25, 0.3) is 0 Å². The second kappa shape index (κ2) is 5.16. The smallest absolute Gasteiger partial charge is 0.240 e. The highest BCUT2D eigenvalue weighted by Gasteiger charge is 2.27. The van der Waals surface area contributed by atoms with Crippen molar-refractivity contribution in [3.05, 3.63) is 29.8 Å². The van der Waals surface area contributed by atoms with E-state index in [1.807, 2.05) is 13.0 Å². The summed E-state index contributed by atoms with van der Waals surface area (Å²) in [6, 6.07) is 7.23. The van der Waals surface area contributed by atoms with E-state index in [9.17, 15) is 8.42 Å². The molecule has 0 atom stereocenters. The van der Waals surface area contributed by atoms with Gasteiger partial charge in [-0.25, -0.2) is 13.1 Å². The molecule has 1 aliphatic carbocycles. The Morgan fingerprint density at radius 3 is 2.76 bits per heavy atom. The molecule has 1 saturated carbocycles. The molecule has 0 saturated heterocycles. The van der Waals surface area contributed by atoms with Crippen LogP contribution in [-0.4, -0.2) is 21.0 Å². The lowest BCUT2D eigenvalue weighted by Gasteiger charge is -2.07. The zero-order chi connectivity index (χ0) is 12.3. The molecule has 1 aromatic carbocycles. The second-order valence-corrected chi connectivity index (χ2v) is 6.04. The van der Waals surface area contributed by atoms with Crippen LogP contribution in [0.3, 0.4) is 0 Å². The third-order valence-corrected chi connectivity index (χ3v) is 4.21. The van der Waals surface area contributed by atoms with Gasteiger partial charge in [-0.2, -0.15) is 0 Å². The van der Waals surface area contributed by atoms with Gasteiger partial charge in [-0.05, 0) is 37.1 Å². The molecule has 0 bridgehead atoms. The van der Waals surface area contributed by atoms with E-state index >= 15 is 0 Å². The van der Waals surface area contributed by atoms with Crippen molar-refractivity contribution in [1.29, 1.82) is 0 Å². The van der Waals surface area contributed by atoms with Crippen LogP contribution in [0.4, 0.5) is 0 Å². The summed E-state index contributed by atoms with van der Waals surface area (Å²) >= 11 is 0. The molecule has 5 heteroatoms. The number of sulfonamides is 1. The van der Waals surface area contributed by atoms with Gasteiger partial charge >= 0.3 is 0 Å². The Labute approximate surface area is 102 Å². The minimum atomic E-state index is -3.32. The number of nitrogens with one attached hydrogen (secondary N) is 2. The maximum absolute atomic E-state index is 12.0. The van der Waals surface area contributed by atoms with Gasteiger partial charge in [-0.1, -0.05) is 19.1 Å². The van der Waals surface area contributed by atoms with Crippen molar-refractivity contribution in [3.8, 4) is 0 Å². The van der Waals surface area contributed by atoms with Crippen LogP contribution in [0.2, 0.25) is 0 Å². The summed E-state index contributed by atoms with van der Waals surface area (Å²) < 4.78 is 26.6. The Hall–Kier alpha value is -0.910. The van der Waals surface area contributed by atoms with E-state index in [0.29, 0.717) is 11.4 Å². The molecular formula is C12H18N2O2S. The highest BCUT2D eigenvalue weighted by atomic mass is 32.2. The minimum absolute atomic E-state index is 0.150. The van der Waals surface area contributed by atoms with Crippen LogP contribution in [0.1, 0.15) is 25.3 Å². The number of rotatable bonds is 6. The van der Waals surface area contributed by atoms with Crippen LogP contribution in [0.5, 0.6) is 0 Å². The monoisotopic (exact) mass is 254 g/mol. The maximum Gasteiger partial charge on any atom is 0.240 e. The van der Waals surface area contributed by atoms with Gasteiger partial charge in [0.05, 0.1) is 4.90 Å². The summed E-state index contributed by atoms with van der Waals surface area (Å²) in [5.41, 5.74) is 0.991. The quantitative estimate of drug-likeness (QED) is 0.803. The lowest BCUT2D eigenvalue weighted by molar-refractivity contribution is 0.580. The van der Waals surface area contributed by atoms with E-state index in [2.05, 4.69) is 10.0 Å². The standard InChI is InChI=1S/C12H18N2O2S/c1-2-13-9-10-4-3-5-12(8-10)17(15,16)14-11-6-7-11/h3-5,8,11,13-14H,2,6-7,9H2,1H3. The summed E-state index contributed by atoms with van der Waals surface area (Å²) in [6.07, 6.45) is 1.91. The zero-order valence-electron chi connectivity index (χ0n) is 9.94. The van der Waals surface area contributed by atoms with E-state index in [4.69, 9.17) is 0 Å². The highest BCUT2D eigenvalue weighted by molar-refractivity contribution is 7.89. The average molecular weight is 254 g/mol. The van der Waals surface area contributed by atoms with Crippen molar-refractivity contribution in [1.82, 2.24) is 10.0 Å². The normalized spacial score (nSPS) is 16.1.